The number of likely N-dealkylation sites (tertiary alicyclic amines) is 1. The van der Waals surface area contributed by atoms with Crippen molar-refractivity contribution in [3.05, 3.63) is 59.7 Å². The number of carbonyl (C=O) groups is 1. The summed E-state index contributed by atoms with van der Waals surface area (Å²) in [5.74, 6) is 0.821. The second-order valence-corrected chi connectivity index (χ2v) is 10.5. The lowest BCUT2D eigenvalue weighted by molar-refractivity contribution is -0.121. The third kappa shape index (κ3) is 6.58. The van der Waals surface area contributed by atoms with E-state index in [1.54, 1.807) is 31.4 Å². The summed E-state index contributed by atoms with van der Waals surface area (Å²) in [5.41, 5.74) is 2.12. The van der Waals surface area contributed by atoms with E-state index in [0.717, 1.165) is 24.4 Å². The number of benzene rings is 2. The maximum absolute atomic E-state index is 12.6. The Morgan fingerprint density at radius 2 is 1.65 bits per heavy atom. The normalized spacial score (nSPS) is 15.4. The van der Waals surface area contributed by atoms with Crippen molar-refractivity contribution in [1.82, 2.24) is 14.5 Å². The average Bonchev–Trinajstić information content (AvgIpc) is 3.39. The molecule has 2 aromatic carbocycles. The fourth-order valence-corrected chi connectivity index (χ4v) is 5.89. The molecule has 1 N–H and O–H groups in total. The molecule has 0 aliphatic carbocycles. The first-order valence-electron chi connectivity index (χ1n) is 12.1. The van der Waals surface area contributed by atoms with Crippen molar-refractivity contribution in [1.29, 1.82) is 0 Å². The third-order valence-corrected chi connectivity index (χ3v) is 8.55. The number of nitrogens with zero attached hydrogens (tertiary/aromatic N) is 2. The van der Waals surface area contributed by atoms with Crippen molar-refractivity contribution < 1.29 is 17.9 Å². The van der Waals surface area contributed by atoms with E-state index in [1.807, 2.05) is 26.0 Å². The van der Waals surface area contributed by atoms with Gasteiger partial charge < -0.3 is 10.1 Å². The van der Waals surface area contributed by atoms with Crippen LogP contribution in [0.25, 0.3) is 0 Å². The molecule has 0 spiro atoms. The van der Waals surface area contributed by atoms with E-state index in [4.69, 9.17) is 4.74 Å². The van der Waals surface area contributed by atoms with Crippen LogP contribution in [0.5, 0.6) is 5.75 Å². The minimum absolute atomic E-state index is 0.00227. The maximum Gasteiger partial charge on any atom is 0.243 e. The zero-order chi connectivity index (χ0) is 24.6. The van der Waals surface area contributed by atoms with Gasteiger partial charge in [0, 0.05) is 26.1 Å². The molecule has 1 amide bonds. The number of rotatable bonds is 12. The van der Waals surface area contributed by atoms with Gasteiger partial charge in [-0.2, -0.15) is 4.31 Å². The zero-order valence-corrected chi connectivity index (χ0v) is 21.3. The van der Waals surface area contributed by atoms with Crippen molar-refractivity contribution in [2.45, 2.75) is 50.5 Å². The van der Waals surface area contributed by atoms with E-state index in [-0.39, 0.29) is 16.8 Å². The first-order chi connectivity index (χ1) is 16.4. The summed E-state index contributed by atoms with van der Waals surface area (Å²) in [4.78, 5) is 15.3. The Labute approximate surface area is 204 Å². The standard InChI is InChI=1S/C26H37N3O4S/c1-4-29(5-2)34(31,32)24-15-8-21(9-16-24)10-17-26(30)27-20-25(28-18-6-7-19-28)22-11-13-23(33-3)14-12-22/h8-9,11-16,25H,4-7,10,17-20H2,1-3H3,(H,27,30). The molecule has 1 unspecified atom stereocenters. The molecule has 3 rings (SSSR count). The highest BCUT2D eigenvalue weighted by atomic mass is 32.2. The van der Waals surface area contributed by atoms with Crippen molar-refractivity contribution in [2.24, 2.45) is 0 Å². The van der Waals surface area contributed by atoms with E-state index in [2.05, 4.69) is 22.3 Å². The summed E-state index contributed by atoms with van der Waals surface area (Å²) >= 11 is 0. The summed E-state index contributed by atoms with van der Waals surface area (Å²) in [6.07, 6.45) is 3.28. The molecule has 2 aromatic rings. The number of ether oxygens (including phenoxy) is 1. The summed E-state index contributed by atoms with van der Waals surface area (Å²) in [7, 11) is -1.81. The van der Waals surface area contributed by atoms with Crippen LogP contribution < -0.4 is 10.1 Å². The number of carbonyl (C=O) groups excluding carboxylic acids is 1. The van der Waals surface area contributed by atoms with Gasteiger partial charge in [-0.3, -0.25) is 9.69 Å². The quantitative estimate of drug-likeness (QED) is 0.495. The van der Waals surface area contributed by atoms with Gasteiger partial charge in [0.05, 0.1) is 18.0 Å². The van der Waals surface area contributed by atoms with E-state index in [1.165, 1.54) is 22.7 Å². The SMILES string of the molecule is CCN(CC)S(=O)(=O)c1ccc(CCC(=O)NCC(c2ccc(OC)cc2)N2CCCC2)cc1. The van der Waals surface area contributed by atoms with E-state index in [9.17, 15) is 13.2 Å². The van der Waals surface area contributed by atoms with E-state index >= 15 is 0 Å². The third-order valence-electron chi connectivity index (χ3n) is 6.48. The molecule has 1 heterocycles. The van der Waals surface area contributed by atoms with Crippen LogP contribution in [0.1, 0.15) is 50.3 Å². The largest absolute Gasteiger partial charge is 0.497 e. The van der Waals surface area contributed by atoms with Gasteiger partial charge in [-0.15, -0.1) is 0 Å². The summed E-state index contributed by atoms with van der Waals surface area (Å²) < 4.78 is 32.0. The molecule has 1 aliphatic heterocycles. The molecule has 1 saturated heterocycles. The van der Waals surface area contributed by atoms with Crippen molar-refractivity contribution >= 4 is 15.9 Å². The topological polar surface area (TPSA) is 79.0 Å². The molecule has 0 radical (unpaired) electrons. The van der Waals surface area contributed by atoms with Crippen molar-refractivity contribution in [2.75, 3.05) is 39.8 Å². The highest BCUT2D eigenvalue weighted by Gasteiger charge is 2.24. The zero-order valence-electron chi connectivity index (χ0n) is 20.5. The second kappa shape index (κ2) is 12.3. The lowest BCUT2D eigenvalue weighted by Crippen LogP contribution is -2.36. The molecule has 8 heteroatoms. The van der Waals surface area contributed by atoms with E-state index in [0.29, 0.717) is 32.5 Å². The highest BCUT2D eigenvalue weighted by Crippen LogP contribution is 2.26. The van der Waals surface area contributed by atoms with Crippen LogP contribution in [-0.2, 0) is 21.2 Å². The van der Waals surface area contributed by atoms with Gasteiger partial charge in [-0.1, -0.05) is 38.1 Å². The monoisotopic (exact) mass is 487 g/mol. The smallest absolute Gasteiger partial charge is 0.243 e. The Kier molecular flexibility index (Phi) is 9.50. The van der Waals surface area contributed by atoms with Crippen LogP contribution in [-0.4, -0.2) is 63.4 Å². The molecular weight excluding hydrogens is 450 g/mol. The van der Waals surface area contributed by atoms with Crippen LogP contribution >= 0.6 is 0 Å². The molecule has 0 aromatic heterocycles. The van der Waals surface area contributed by atoms with Crippen LogP contribution in [0.2, 0.25) is 0 Å². The predicted molar refractivity (Wildman–Crippen MR) is 134 cm³/mol. The number of aryl methyl sites for hydroxylation is 1. The van der Waals surface area contributed by atoms with E-state index < -0.39 is 10.0 Å². The van der Waals surface area contributed by atoms with Crippen LogP contribution in [0, 0.1) is 0 Å². The fraction of sp³-hybridized carbons (Fsp3) is 0.500. The predicted octanol–water partition coefficient (Wildman–Crippen LogP) is 3.61. The minimum atomic E-state index is -3.46. The Hall–Kier alpha value is -2.42. The number of hydrogen-bond donors (Lipinski definition) is 1. The van der Waals surface area contributed by atoms with Gasteiger partial charge in [-0.05, 0) is 67.7 Å². The van der Waals surface area contributed by atoms with Gasteiger partial charge in [0.25, 0.3) is 0 Å². The van der Waals surface area contributed by atoms with Gasteiger partial charge >= 0.3 is 0 Å². The first kappa shape index (κ1) is 26.2. The van der Waals surface area contributed by atoms with Gasteiger partial charge in [-0.25, -0.2) is 8.42 Å². The number of sulfonamides is 1. The lowest BCUT2D eigenvalue weighted by atomic mass is 10.0. The van der Waals surface area contributed by atoms with Crippen LogP contribution in [0.15, 0.2) is 53.4 Å². The Morgan fingerprint density at radius 1 is 1.03 bits per heavy atom. The first-order valence-corrected chi connectivity index (χ1v) is 13.6. The lowest BCUT2D eigenvalue weighted by Gasteiger charge is -2.28. The minimum Gasteiger partial charge on any atom is -0.497 e. The van der Waals surface area contributed by atoms with Gasteiger partial charge in [0.2, 0.25) is 15.9 Å². The summed E-state index contributed by atoms with van der Waals surface area (Å²) in [5, 5.41) is 3.11. The molecule has 1 fully saturated rings. The molecule has 0 bridgehead atoms. The Balaban J connectivity index is 1.56. The molecule has 1 atom stereocenters. The maximum atomic E-state index is 12.6. The summed E-state index contributed by atoms with van der Waals surface area (Å²) in [6.45, 7) is 7.18. The Morgan fingerprint density at radius 3 is 2.21 bits per heavy atom. The molecule has 1 aliphatic rings. The summed E-state index contributed by atoms with van der Waals surface area (Å²) in [6, 6.07) is 15.1. The second-order valence-electron chi connectivity index (χ2n) is 8.57. The average molecular weight is 488 g/mol. The van der Waals surface area contributed by atoms with Crippen LogP contribution in [0.4, 0.5) is 0 Å². The number of amides is 1. The van der Waals surface area contributed by atoms with Crippen molar-refractivity contribution in [3.63, 3.8) is 0 Å². The molecular formula is C26H37N3O4S. The molecule has 0 saturated carbocycles. The molecule has 34 heavy (non-hydrogen) atoms. The molecule has 7 nitrogen and oxygen atoms in total. The number of hydrogen-bond acceptors (Lipinski definition) is 5. The molecule has 186 valence electrons. The highest BCUT2D eigenvalue weighted by molar-refractivity contribution is 7.89. The number of nitrogens with one attached hydrogen (secondary N) is 1. The fourth-order valence-electron chi connectivity index (χ4n) is 4.43. The Bertz CT molecular complexity index is 1010. The van der Waals surface area contributed by atoms with Crippen molar-refractivity contribution in [3.8, 4) is 5.75 Å². The van der Waals surface area contributed by atoms with Gasteiger partial charge in [0.15, 0.2) is 0 Å². The van der Waals surface area contributed by atoms with Gasteiger partial charge in [0.1, 0.15) is 5.75 Å². The van der Waals surface area contributed by atoms with Crippen LogP contribution in [0.3, 0.4) is 0 Å². The number of methoxy groups -OCH3 is 1.